The molecular formula is Fe2O4S. The maximum atomic E-state index is 8.52. The fourth-order valence-electron chi connectivity index (χ4n) is 0. The van der Waals surface area contributed by atoms with Crippen LogP contribution in [0, 0.1) is 0 Å². The van der Waals surface area contributed by atoms with Gasteiger partial charge in [-0.05, 0) is 0 Å². The molecule has 0 aliphatic heterocycles. The molecule has 0 saturated carbocycles. The van der Waals surface area contributed by atoms with Crippen LogP contribution in [0.15, 0.2) is 0 Å². The first-order valence-electron chi connectivity index (χ1n) is 0.667. The Hall–Kier alpha value is 0.909. The molecule has 0 heterocycles. The van der Waals surface area contributed by atoms with Crippen molar-refractivity contribution in [1.82, 2.24) is 0 Å². The molecule has 7 heavy (non-hydrogen) atoms. The van der Waals surface area contributed by atoms with Crippen LogP contribution in [0.5, 0.6) is 0 Å². The minimum absolute atomic E-state index is 0. The van der Waals surface area contributed by atoms with E-state index >= 15 is 0 Å². The van der Waals surface area contributed by atoms with E-state index in [9.17, 15) is 0 Å². The predicted octanol–water partition coefficient (Wildman–Crippen LogP) is -1.34. The van der Waals surface area contributed by atoms with Gasteiger partial charge in [-0.25, -0.2) is 0 Å². The second-order valence-electron chi connectivity index (χ2n) is 0.408. The Morgan fingerprint density at radius 2 is 1.00 bits per heavy atom. The molecule has 0 rings (SSSR count). The first kappa shape index (κ1) is 15.7. The second kappa shape index (κ2) is 5.05. The Balaban J connectivity index is -0.0000000800. The van der Waals surface area contributed by atoms with Crippen molar-refractivity contribution >= 4 is 10.4 Å². The quantitative estimate of drug-likeness (QED) is 0.280. The first-order chi connectivity index (χ1) is 2.00. The summed E-state index contributed by atoms with van der Waals surface area (Å²) < 4.78 is 34.1. The van der Waals surface area contributed by atoms with Gasteiger partial charge in [-0.1, -0.05) is 0 Å². The van der Waals surface area contributed by atoms with Crippen molar-refractivity contribution in [3.8, 4) is 0 Å². The van der Waals surface area contributed by atoms with E-state index in [-0.39, 0.29) is 34.1 Å². The standard InChI is InChI=1S/2Fe.H2O4S/c;;1-5(2,3)4/h;;(H2,1,2,3,4)/q2*+1;/p-2. The zero-order chi connectivity index (χ0) is 4.50. The van der Waals surface area contributed by atoms with Gasteiger partial charge in [0.2, 0.25) is 0 Å². The molecule has 0 aliphatic rings. The summed E-state index contributed by atoms with van der Waals surface area (Å²) in [4.78, 5) is 0. The summed E-state index contributed by atoms with van der Waals surface area (Å²) in [6.07, 6.45) is 0. The number of rotatable bonds is 0. The molecule has 0 fully saturated rings. The van der Waals surface area contributed by atoms with E-state index in [0.717, 1.165) is 0 Å². The molecule has 0 spiro atoms. The minimum atomic E-state index is -5.17. The smallest absolute Gasteiger partial charge is 0.759 e. The molecule has 0 saturated heterocycles. The Labute approximate surface area is 62.2 Å². The zero-order valence-corrected chi connectivity index (χ0v) is 5.77. The maximum absolute atomic E-state index is 8.52. The fourth-order valence-corrected chi connectivity index (χ4v) is 0. The molecule has 0 bridgehead atoms. The molecule has 0 aromatic heterocycles. The monoisotopic (exact) mass is 208 g/mol. The molecule has 0 N–H and O–H groups in total. The molecule has 0 unspecified atom stereocenters. The second-order valence-corrected chi connectivity index (χ2v) is 1.22. The van der Waals surface area contributed by atoms with Gasteiger partial charge in [0.1, 0.15) is 0 Å². The summed E-state index contributed by atoms with van der Waals surface area (Å²) in [7, 11) is -5.17. The number of hydrogen-bond acceptors (Lipinski definition) is 4. The van der Waals surface area contributed by atoms with Gasteiger partial charge in [-0.15, -0.1) is 0 Å². The van der Waals surface area contributed by atoms with Crippen molar-refractivity contribution in [1.29, 1.82) is 0 Å². The van der Waals surface area contributed by atoms with Gasteiger partial charge >= 0.3 is 34.1 Å². The molecule has 2 radical (unpaired) electrons. The molecule has 0 aromatic rings. The van der Waals surface area contributed by atoms with Crippen molar-refractivity contribution in [2.75, 3.05) is 0 Å². The van der Waals surface area contributed by atoms with Crippen molar-refractivity contribution in [3.63, 3.8) is 0 Å². The molecule has 0 amide bonds. The summed E-state index contributed by atoms with van der Waals surface area (Å²) in [5.41, 5.74) is 0. The van der Waals surface area contributed by atoms with E-state index in [1.165, 1.54) is 0 Å². The largest absolute Gasteiger partial charge is 1.00 e. The Bertz CT molecular complexity index is 92.9. The third-order valence-corrected chi connectivity index (χ3v) is 0. The third kappa shape index (κ3) is 202. The molecule has 0 atom stereocenters. The van der Waals surface area contributed by atoms with E-state index in [4.69, 9.17) is 17.5 Å². The van der Waals surface area contributed by atoms with Crippen LogP contribution < -0.4 is 0 Å². The average molecular weight is 208 g/mol. The third-order valence-electron chi connectivity index (χ3n) is 0. The molecule has 0 aliphatic carbocycles. The summed E-state index contributed by atoms with van der Waals surface area (Å²) in [6, 6.07) is 0. The fraction of sp³-hybridized carbons (Fsp3) is 0. The molecule has 4 nitrogen and oxygen atoms in total. The van der Waals surface area contributed by atoms with Crippen LogP contribution in [0.1, 0.15) is 0 Å². The van der Waals surface area contributed by atoms with E-state index < -0.39 is 10.4 Å². The van der Waals surface area contributed by atoms with Crippen molar-refractivity contribution in [2.45, 2.75) is 0 Å². The Kier molecular flexibility index (Phi) is 11.3. The first-order valence-corrected chi connectivity index (χ1v) is 2.00. The van der Waals surface area contributed by atoms with Crippen LogP contribution in [-0.4, -0.2) is 17.5 Å². The van der Waals surface area contributed by atoms with Crippen molar-refractivity contribution in [2.24, 2.45) is 0 Å². The predicted molar refractivity (Wildman–Crippen MR) is 10.5 cm³/mol. The summed E-state index contributed by atoms with van der Waals surface area (Å²) >= 11 is 0. The van der Waals surface area contributed by atoms with Crippen LogP contribution in [0.25, 0.3) is 0 Å². The number of hydrogen-bond donors (Lipinski definition) is 0. The van der Waals surface area contributed by atoms with Gasteiger partial charge < -0.3 is 9.11 Å². The van der Waals surface area contributed by atoms with Gasteiger partial charge in [0.15, 0.2) is 0 Å². The van der Waals surface area contributed by atoms with E-state index in [0.29, 0.717) is 0 Å². The van der Waals surface area contributed by atoms with Crippen LogP contribution >= 0.6 is 0 Å². The zero-order valence-electron chi connectivity index (χ0n) is 2.75. The van der Waals surface area contributed by atoms with Crippen molar-refractivity contribution in [3.05, 3.63) is 0 Å². The summed E-state index contributed by atoms with van der Waals surface area (Å²) in [5.74, 6) is 0. The van der Waals surface area contributed by atoms with E-state index in [1.807, 2.05) is 0 Å². The minimum Gasteiger partial charge on any atom is -0.759 e. The normalized spacial score (nSPS) is 8.29. The van der Waals surface area contributed by atoms with Crippen LogP contribution in [0.4, 0.5) is 0 Å². The molecule has 0 aromatic carbocycles. The van der Waals surface area contributed by atoms with Crippen LogP contribution in [0.3, 0.4) is 0 Å². The summed E-state index contributed by atoms with van der Waals surface area (Å²) in [6.45, 7) is 0. The molecular weight excluding hydrogens is 208 g/mol. The average Bonchev–Trinajstić information content (AvgIpc) is 0.722. The molecule has 7 heteroatoms. The van der Waals surface area contributed by atoms with Gasteiger partial charge in [-0.3, -0.25) is 8.42 Å². The Morgan fingerprint density at radius 1 is 1.00 bits per heavy atom. The van der Waals surface area contributed by atoms with E-state index in [2.05, 4.69) is 0 Å². The SMILES string of the molecule is O=S(=O)([O-])[O-].[Fe+].[Fe+]. The van der Waals surface area contributed by atoms with Crippen LogP contribution in [-0.2, 0) is 44.5 Å². The Morgan fingerprint density at radius 3 is 1.00 bits per heavy atom. The summed E-state index contributed by atoms with van der Waals surface area (Å²) in [5, 5.41) is 0. The topological polar surface area (TPSA) is 80.3 Å². The maximum Gasteiger partial charge on any atom is 1.00 e. The van der Waals surface area contributed by atoms with Gasteiger partial charge in [-0.2, -0.15) is 0 Å². The molecule has 46 valence electrons. The van der Waals surface area contributed by atoms with Gasteiger partial charge in [0, 0.05) is 10.4 Å². The van der Waals surface area contributed by atoms with Crippen LogP contribution in [0.2, 0.25) is 0 Å². The van der Waals surface area contributed by atoms with E-state index in [1.54, 1.807) is 0 Å². The van der Waals surface area contributed by atoms with Gasteiger partial charge in [0.25, 0.3) is 0 Å². The van der Waals surface area contributed by atoms with Gasteiger partial charge in [0.05, 0.1) is 0 Å². The van der Waals surface area contributed by atoms with Crippen molar-refractivity contribution < 1.29 is 51.7 Å².